The van der Waals surface area contributed by atoms with Gasteiger partial charge in [0.2, 0.25) is 0 Å². The third-order valence-electron chi connectivity index (χ3n) is 3.92. The largest absolute Gasteiger partial charge is 0.391 e. The third kappa shape index (κ3) is 3.72. The van der Waals surface area contributed by atoms with E-state index in [0.717, 1.165) is 6.42 Å². The lowest BCUT2D eigenvalue weighted by Gasteiger charge is -2.32. The van der Waals surface area contributed by atoms with Crippen molar-refractivity contribution in [2.45, 2.75) is 57.8 Å². The van der Waals surface area contributed by atoms with Crippen molar-refractivity contribution in [2.24, 2.45) is 5.92 Å². The van der Waals surface area contributed by atoms with Crippen LogP contribution in [0.4, 0.5) is 13.2 Å². The van der Waals surface area contributed by atoms with E-state index in [1.165, 1.54) is 10.4 Å². The number of hydrogen-bond acceptors (Lipinski definition) is 2. The fourth-order valence-corrected chi connectivity index (χ4v) is 3.84. The Labute approximate surface area is 116 Å². The summed E-state index contributed by atoms with van der Waals surface area (Å²) in [6.07, 6.45) is -2.02. The zero-order valence-corrected chi connectivity index (χ0v) is 12.1. The van der Waals surface area contributed by atoms with E-state index >= 15 is 0 Å². The molecule has 3 unspecified atom stereocenters. The average molecular weight is 291 g/mol. The molecule has 2 rings (SSSR count). The number of rotatable bonds is 3. The third-order valence-corrected chi connectivity index (χ3v) is 5.12. The zero-order valence-electron chi connectivity index (χ0n) is 11.3. The minimum absolute atomic E-state index is 0.0168. The Balaban J connectivity index is 1.94. The molecule has 1 saturated carbocycles. The molecule has 3 atom stereocenters. The molecule has 1 aromatic heterocycles. The smallest absolute Gasteiger partial charge is 0.307 e. The van der Waals surface area contributed by atoms with Gasteiger partial charge in [-0.15, -0.1) is 11.3 Å². The maximum Gasteiger partial charge on any atom is 0.391 e. The zero-order chi connectivity index (χ0) is 14.0. The second-order valence-corrected chi connectivity index (χ2v) is 6.41. The van der Waals surface area contributed by atoms with Crippen molar-refractivity contribution in [3.8, 4) is 0 Å². The van der Waals surface area contributed by atoms with E-state index in [4.69, 9.17) is 0 Å². The number of nitrogens with one attached hydrogen (secondary N) is 1. The maximum absolute atomic E-state index is 12.8. The summed E-state index contributed by atoms with van der Waals surface area (Å²) in [6.45, 7) is 4.08. The average Bonchev–Trinajstić information content (AvgIpc) is 2.75. The molecule has 0 saturated heterocycles. The topological polar surface area (TPSA) is 12.0 Å². The SMILES string of the molecule is Cc1ccsc1C(C)NC1CCCC(C(F)(F)F)C1. The normalized spacial score (nSPS) is 26.4. The molecule has 0 radical (unpaired) electrons. The molecule has 1 aromatic rings. The van der Waals surface area contributed by atoms with Crippen LogP contribution in [0.3, 0.4) is 0 Å². The molecule has 1 N–H and O–H groups in total. The van der Waals surface area contributed by atoms with Crippen LogP contribution in [0.15, 0.2) is 11.4 Å². The second-order valence-electron chi connectivity index (χ2n) is 5.46. The number of halogens is 3. The van der Waals surface area contributed by atoms with Gasteiger partial charge in [0.05, 0.1) is 5.92 Å². The Morgan fingerprint density at radius 2 is 2.11 bits per heavy atom. The minimum Gasteiger partial charge on any atom is -0.307 e. The summed E-state index contributed by atoms with van der Waals surface area (Å²) < 4.78 is 38.3. The van der Waals surface area contributed by atoms with Crippen LogP contribution in [0.5, 0.6) is 0 Å². The van der Waals surface area contributed by atoms with Crippen LogP contribution >= 0.6 is 11.3 Å². The lowest BCUT2D eigenvalue weighted by molar-refractivity contribution is -0.183. The van der Waals surface area contributed by atoms with Gasteiger partial charge in [-0.05, 0) is 50.1 Å². The van der Waals surface area contributed by atoms with Gasteiger partial charge in [0, 0.05) is 17.0 Å². The Hall–Kier alpha value is -0.550. The number of hydrogen-bond donors (Lipinski definition) is 1. The Kier molecular flexibility index (Phi) is 4.56. The van der Waals surface area contributed by atoms with Gasteiger partial charge >= 0.3 is 6.18 Å². The molecule has 1 nitrogen and oxygen atoms in total. The Morgan fingerprint density at radius 3 is 2.68 bits per heavy atom. The van der Waals surface area contributed by atoms with Crippen molar-refractivity contribution in [3.05, 3.63) is 21.9 Å². The monoisotopic (exact) mass is 291 g/mol. The van der Waals surface area contributed by atoms with Gasteiger partial charge in [-0.25, -0.2) is 0 Å². The summed E-state index contributed by atoms with van der Waals surface area (Å²) in [4.78, 5) is 1.23. The fourth-order valence-electron chi connectivity index (χ4n) is 2.90. The van der Waals surface area contributed by atoms with Crippen LogP contribution in [0.2, 0.25) is 0 Å². The Bertz CT molecular complexity index is 413. The molecule has 0 aromatic carbocycles. The van der Waals surface area contributed by atoms with Gasteiger partial charge < -0.3 is 5.32 Å². The summed E-state index contributed by atoms with van der Waals surface area (Å²) in [5.41, 5.74) is 1.22. The van der Waals surface area contributed by atoms with Gasteiger partial charge in [0.15, 0.2) is 0 Å². The standard InChI is InChI=1S/C14H20F3NS/c1-9-6-7-19-13(9)10(2)18-12-5-3-4-11(8-12)14(15,16)17/h6-7,10-12,18H,3-5,8H2,1-2H3. The molecule has 1 aliphatic rings. The van der Waals surface area contributed by atoms with Gasteiger partial charge in [-0.3, -0.25) is 0 Å². The summed E-state index contributed by atoms with van der Waals surface area (Å²) in [7, 11) is 0. The summed E-state index contributed by atoms with van der Waals surface area (Å²) in [5, 5.41) is 5.40. The first-order valence-corrected chi connectivity index (χ1v) is 7.62. The molecular weight excluding hydrogens is 271 g/mol. The highest BCUT2D eigenvalue weighted by atomic mass is 32.1. The van der Waals surface area contributed by atoms with Crippen molar-refractivity contribution in [1.82, 2.24) is 5.32 Å². The first kappa shape index (κ1) is 14.9. The molecular formula is C14H20F3NS. The van der Waals surface area contributed by atoms with E-state index in [1.54, 1.807) is 11.3 Å². The molecule has 1 fully saturated rings. The van der Waals surface area contributed by atoms with Gasteiger partial charge in [-0.1, -0.05) is 6.42 Å². The predicted molar refractivity (Wildman–Crippen MR) is 72.4 cm³/mol. The first-order valence-electron chi connectivity index (χ1n) is 6.74. The van der Waals surface area contributed by atoms with Crippen molar-refractivity contribution < 1.29 is 13.2 Å². The van der Waals surface area contributed by atoms with E-state index in [2.05, 4.69) is 11.4 Å². The highest BCUT2D eigenvalue weighted by Crippen LogP contribution is 2.38. The van der Waals surface area contributed by atoms with Crippen LogP contribution in [0.1, 0.15) is 49.1 Å². The van der Waals surface area contributed by atoms with Crippen LogP contribution in [0, 0.1) is 12.8 Å². The van der Waals surface area contributed by atoms with Crippen LogP contribution in [-0.2, 0) is 0 Å². The highest BCUT2D eigenvalue weighted by Gasteiger charge is 2.42. The molecule has 1 aliphatic carbocycles. The molecule has 108 valence electrons. The van der Waals surface area contributed by atoms with Crippen molar-refractivity contribution in [3.63, 3.8) is 0 Å². The number of aryl methyl sites for hydroxylation is 1. The molecule has 0 amide bonds. The van der Waals surface area contributed by atoms with Gasteiger partial charge in [0.25, 0.3) is 0 Å². The van der Waals surface area contributed by atoms with Crippen LogP contribution in [0.25, 0.3) is 0 Å². The highest BCUT2D eigenvalue weighted by molar-refractivity contribution is 7.10. The maximum atomic E-state index is 12.8. The summed E-state index contributed by atoms with van der Waals surface area (Å²) in [6, 6.07) is 2.17. The minimum atomic E-state index is -4.04. The molecule has 0 bridgehead atoms. The predicted octanol–water partition coefficient (Wildman–Crippen LogP) is 4.83. The number of thiophene rings is 1. The molecule has 19 heavy (non-hydrogen) atoms. The van der Waals surface area contributed by atoms with E-state index in [1.807, 2.05) is 19.2 Å². The van der Waals surface area contributed by atoms with Crippen molar-refractivity contribution >= 4 is 11.3 Å². The second kappa shape index (κ2) is 5.83. The molecule has 1 heterocycles. The van der Waals surface area contributed by atoms with E-state index in [0.29, 0.717) is 6.42 Å². The van der Waals surface area contributed by atoms with Crippen molar-refractivity contribution in [1.29, 1.82) is 0 Å². The van der Waals surface area contributed by atoms with Crippen molar-refractivity contribution in [2.75, 3.05) is 0 Å². The quantitative estimate of drug-likeness (QED) is 0.841. The van der Waals surface area contributed by atoms with Crippen LogP contribution < -0.4 is 5.32 Å². The lowest BCUT2D eigenvalue weighted by Crippen LogP contribution is -2.39. The van der Waals surface area contributed by atoms with E-state index in [9.17, 15) is 13.2 Å². The molecule has 0 spiro atoms. The Morgan fingerprint density at radius 1 is 1.37 bits per heavy atom. The first-order chi connectivity index (χ1) is 8.88. The van der Waals surface area contributed by atoms with E-state index < -0.39 is 12.1 Å². The molecule has 0 aliphatic heterocycles. The van der Waals surface area contributed by atoms with Crippen LogP contribution in [-0.4, -0.2) is 12.2 Å². The fraction of sp³-hybridized carbons (Fsp3) is 0.714. The van der Waals surface area contributed by atoms with Gasteiger partial charge in [0.1, 0.15) is 0 Å². The lowest BCUT2D eigenvalue weighted by atomic mass is 9.85. The number of alkyl halides is 3. The van der Waals surface area contributed by atoms with E-state index in [-0.39, 0.29) is 24.9 Å². The summed E-state index contributed by atoms with van der Waals surface area (Å²) in [5.74, 6) is -1.13. The molecule has 5 heteroatoms. The summed E-state index contributed by atoms with van der Waals surface area (Å²) >= 11 is 1.67. The van der Waals surface area contributed by atoms with Gasteiger partial charge in [-0.2, -0.15) is 13.2 Å².